The summed E-state index contributed by atoms with van der Waals surface area (Å²) in [5.41, 5.74) is -0.776. The lowest BCUT2D eigenvalue weighted by Gasteiger charge is -2.43. The van der Waals surface area contributed by atoms with Crippen molar-refractivity contribution in [1.82, 2.24) is 10.2 Å². The molecule has 0 saturated carbocycles. The Hall–Kier alpha value is -0.710. The number of nitrogens with one attached hydrogen (secondary N) is 1. The van der Waals surface area contributed by atoms with E-state index in [1.165, 1.54) is 0 Å². The summed E-state index contributed by atoms with van der Waals surface area (Å²) in [7, 11) is 0. The lowest BCUT2D eigenvalue weighted by atomic mass is 9.95. The van der Waals surface area contributed by atoms with Crippen LogP contribution >= 0.6 is 11.8 Å². The summed E-state index contributed by atoms with van der Waals surface area (Å²) in [4.78, 5) is 26.2. The zero-order chi connectivity index (χ0) is 13.9. The average Bonchev–Trinajstić information content (AvgIpc) is 2.25. The molecule has 1 fully saturated rings. The van der Waals surface area contributed by atoms with Crippen LogP contribution in [0.5, 0.6) is 0 Å². The fourth-order valence-corrected chi connectivity index (χ4v) is 3.05. The van der Waals surface area contributed by atoms with Crippen LogP contribution in [-0.2, 0) is 9.59 Å². The van der Waals surface area contributed by atoms with Crippen LogP contribution in [0, 0.1) is 5.92 Å². The van der Waals surface area contributed by atoms with Gasteiger partial charge in [-0.25, -0.2) is 0 Å². The summed E-state index contributed by atoms with van der Waals surface area (Å²) in [6.45, 7) is 8.27. The van der Waals surface area contributed by atoms with Crippen LogP contribution in [0.25, 0.3) is 0 Å². The molecular weight excluding hydrogens is 248 g/mol. The molecule has 1 aliphatic rings. The summed E-state index contributed by atoms with van der Waals surface area (Å²) in [5.74, 6) is 1.41. The molecule has 104 valence electrons. The highest BCUT2D eigenvalue weighted by molar-refractivity contribution is 7.98. The summed E-state index contributed by atoms with van der Waals surface area (Å²) in [6.07, 6.45) is 2.72. The maximum Gasteiger partial charge on any atom is 0.248 e. The topological polar surface area (TPSA) is 49.4 Å². The van der Waals surface area contributed by atoms with E-state index in [-0.39, 0.29) is 17.9 Å². The minimum absolute atomic E-state index is 0.0292. The van der Waals surface area contributed by atoms with Gasteiger partial charge in [0.1, 0.15) is 11.6 Å². The van der Waals surface area contributed by atoms with E-state index in [0.29, 0.717) is 18.9 Å². The van der Waals surface area contributed by atoms with E-state index in [0.717, 1.165) is 5.75 Å². The second-order valence-electron chi connectivity index (χ2n) is 5.56. The first-order valence-corrected chi connectivity index (χ1v) is 7.84. The van der Waals surface area contributed by atoms with Gasteiger partial charge in [-0.15, -0.1) is 0 Å². The maximum absolute atomic E-state index is 12.4. The third-order valence-electron chi connectivity index (χ3n) is 3.26. The minimum atomic E-state index is -0.776. The van der Waals surface area contributed by atoms with Crippen molar-refractivity contribution in [1.29, 1.82) is 0 Å². The van der Waals surface area contributed by atoms with Crippen molar-refractivity contribution in [3.8, 4) is 0 Å². The molecule has 0 spiro atoms. The Bertz CT molecular complexity index is 331. The zero-order valence-electron chi connectivity index (χ0n) is 11.9. The molecule has 0 aliphatic carbocycles. The van der Waals surface area contributed by atoms with Gasteiger partial charge in [0.15, 0.2) is 0 Å². The van der Waals surface area contributed by atoms with E-state index in [2.05, 4.69) is 18.5 Å². The van der Waals surface area contributed by atoms with Gasteiger partial charge < -0.3 is 10.2 Å². The summed E-state index contributed by atoms with van der Waals surface area (Å²) >= 11 is 1.77. The molecule has 5 heteroatoms. The molecule has 1 heterocycles. The Morgan fingerprint density at radius 2 is 2.06 bits per heavy atom. The number of nitrogens with zero attached hydrogens (tertiary/aromatic N) is 1. The van der Waals surface area contributed by atoms with Gasteiger partial charge in [0.25, 0.3) is 0 Å². The highest BCUT2D eigenvalue weighted by Gasteiger charge is 2.44. The first-order chi connectivity index (χ1) is 8.33. The van der Waals surface area contributed by atoms with Gasteiger partial charge in [-0.1, -0.05) is 13.8 Å². The summed E-state index contributed by atoms with van der Waals surface area (Å²) in [5, 5.41) is 2.81. The second kappa shape index (κ2) is 5.95. The molecule has 2 unspecified atom stereocenters. The molecule has 0 radical (unpaired) electrons. The van der Waals surface area contributed by atoms with Crippen LogP contribution in [0.2, 0.25) is 0 Å². The first kappa shape index (κ1) is 15.3. The van der Waals surface area contributed by atoms with Crippen LogP contribution in [0.15, 0.2) is 0 Å². The Morgan fingerprint density at radius 1 is 1.44 bits per heavy atom. The van der Waals surface area contributed by atoms with Crippen LogP contribution in [0.1, 0.15) is 34.1 Å². The molecular formula is C13H24N2O2S. The van der Waals surface area contributed by atoms with Crippen molar-refractivity contribution in [2.45, 2.75) is 45.7 Å². The molecule has 4 nitrogen and oxygen atoms in total. The average molecular weight is 272 g/mol. The number of hydrogen-bond donors (Lipinski definition) is 1. The SMILES string of the molecule is CCC1C(=O)NC(C)(C)C(=O)N1CC(C)CSC. The van der Waals surface area contributed by atoms with Crippen molar-refractivity contribution in [2.24, 2.45) is 5.92 Å². The van der Waals surface area contributed by atoms with Crippen molar-refractivity contribution >= 4 is 23.6 Å². The molecule has 0 aromatic heterocycles. The zero-order valence-corrected chi connectivity index (χ0v) is 12.8. The van der Waals surface area contributed by atoms with Gasteiger partial charge in [0.05, 0.1) is 0 Å². The van der Waals surface area contributed by atoms with E-state index in [1.807, 2.05) is 6.92 Å². The van der Waals surface area contributed by atoms with E-state index < -0.39 is 5.54 Å². The standard InChI is InChI=1S/C13H24N2O2S/c1-6-10-11(16)14-13(3,4)12(17)15(10)7-9(2)8-18-5/h9-10H,6-8H2,1-5H3,(H,14,16). The maximum atomic E-state index is 12.4. The van der Waals surface area contributed by atoms with Gasteiger partial charge in [-0.2, -0.15) is 11.8 Å². The number of thioether (sulfide) groups is 1. The van der Waals surface area contributed by atoms with Crippen molar-refractivity contribution in [2.75, 3.05) is 18.6 Å². The highest BCUT2D eigenvalue weighted by Crippen LogP contribution is 2.21. The van der Waals surface area contributed by atoms with Gasteiger partial charge >= 0.3 is 0 Å². The quantitative estimate of drug-likeness (QED) is 0.825. The molecule has 0 aromatic carbocycles. The lowest BCUT2D eigenvalue weighted by molar-refractivity contribution is -0.154. The Morgan fingerprint density at radius 3 is 2.56 bits per heavy atom. The van der Waals surface area contributed by atoms with Gasteiger partial charge in [0.2, 0.25) is 11.8 Å². The van der Waals surface area contributed by atoms with Crippen LogP contribution in [0.3, 0.4) is 0 Å². The fraction of sp³-hybridized carbons (Fsp3) is 0.846. The van der Waals surface area contributed by atoms with Crippen LogP contribution in [0.4, 0.5) is 0 Å². The smallest absolute Gasteiger partial charge is 0.248 e. The van der Waals surface area contributed by atoms with E-state index in [1.54, 1.807) is 30.5 Å². The second-order valence-corrected chi connectivity index (χ2v) is 6.47. The van der Waals surface area contributed by atoms with Crippen molar-refractivity contribution in [3.05, 3.63) is 0 Å². The molecule has 2 atom stereocenters. The monoisotopic (exact) mass is 272 g/mol. The number of rotatable bonds is 5. The molecule has 0 aromatic rings. The molecule has 2 amide bonds. The molecule has 1 aliphatic heterocycles. The highest BCUT2D eigenvalue weighted by atomic mass is 32.2. The first-order valence-electron chi connectivity index (χ1n) is 6.45. The van der Waals surface area contributed by atoms with E-state index in [4.69, 9.17) is 0 Å². The van der Waals surface area contributed by atoms with Gasteiger partial charge in [0, 0.05) is 6.54 Å². The Kier molecular flexibility index (Phi) is 5.08. The largest absolute Gasteiger partial charge is 0.340 e. The minimum Gasteiger partial charge on any atom is -0.340 e. The molecule has 18 heavy (non-hydrogen) atoms. The van der Waals surface area contributed by atoms with Gasteiger partial charge in [-0.3, -0.25) is 9.59 Å². The number of piperazine rings is 1. The third kappa shape index (κ3) is 3.19. The molecule has 0 bridgehead atoms. The fourth-order valence-electron chi connectivity index (χ4n) is 2.38. The van der Waals surface area contributed by atoms with Crippen molar-refractivity contribution < 1.29 is 9.59 Å². The number of carbonyl (C=O) groups excluding carboxylic acids is 2. The van der Waals surface area contributed by atoms with E-state index >= 15 is 0 Å². The molecule has 1 N–H and O–H groups in total. The third-order valence-corrected chi connectivity index (χ3v) is 4.16. The Labute approximate surface area is 114 Å². The normalized spacial score (nSPS) is 24.9. The van der Waals surface area contributed by atoms with Gasteiger partial charge in [-0.05, 0) is 38.2 Å². The molecule has 1 rings (SSSR count). The number of carbonyl (C=O) groups is 2. The van der Waals surface area contributed by atoms with Crippen LogP contribution in [-0.4, -0.2) is 46.8 Å². The summed E-state index contributed by atoms with van der Waals surface area (Å²) in [6, 6.07) is -0.310. The predicted octanol–water partition coefficient (Wildman–Crippen LogP) is 1.50. The van der Waals surface area contributed by atoms with Crippen LogP contribution < -0.4 is 5.32 Å². The predicted molar refractivity (Wildman–Crippen MR) is 75.6 cm³/mol. The van der Waals surface area contributed by atoms with E-state index in [9.17, 15) is 9.59 Å². The van der Waals surface area contributed by atoms with Crippen molar-refractivity contribution in [3.63, 3.8) is 0 Å². The lowest BCUT2D eigenvalue weighted by Crippen LogP contribution is -2.68. The summed E-state index contributed by atoms with van der Waals surface area (Å²) < 4.78 is 0. The number of hydrogen-bond acceptors (Lipinski definition) is 3. The number of amides is 2. The molecule has 1 saturated heterocycles. The Balaban J connectivity index is 2.87.